The average molecular weight is 508 g/mol. The monoisotopic (exact) mass is 507 g/mol. The highest BCUT2D eigenvalue weighted by Gasteiger charge is 2.10. The van der Waals surface area contributed by atoms with E-state index in [1.165, 1.54) is 0 Å². The van der Waals surface area contributed by atoms with Gasteiger partial charge in [0, 0.05) is 45.8 Å². The number of benzene rings is 3. The molecule has 0 bridgehead atoms. The number of hydrogen-bond acceptors (Lipinski definition) is 3. The zero-order valence-corrected chi connectivity index (χ0v) is 20.7. The first-order chi connectivity index (χ1) is 17.0. The van der Waals surface area contributed by atoms with E-state index in [1.807, 2.05) is 60.8 Å². The maximum atomic E-state index is 12.8. The van der Waals surface area contributed by atoms with E-state index in [1.54, 1.807) is 18.2 Å². The van der Waals surface area contributed by atoms with Crippen LogP contribution in [0.3, 0.4) is 0 Å². The minimum absolute atomic E-state index is 0.0892. The van der Waals surface area contributed by atoms with Gasteiger partial charge in [-0.05, 0) is 78.5 Å². The summed E-state index contributed by atoms with van der Waals surface area (Å²) in [7, 11) is 0. The van der Waals surface area contributed by atoms with Gasteiger partial charge in [0.25, 0.3) is 5.91 Å². The molecule has 1 aromatic heterocycles. The lowest BCUT2D eigenvalue weighted by molar-refractivity contribution is 0.0953. The lowest BCUT2D eigenvalue weighted by Gasteiger charge is -2.11. The number of aromatic hydroxyl groups is 1. The molecule has 0 atom stereocenters. The van der Waals surface area contributed by atoms with E-state index >= 15 is 0 Å². The van der Waals surface area contributed by atoms with Crippen molar-refractivity contribution in [3.63, 3.8) is 0 Å². The molecule has 4 N–H and O–H groups in total. The average Bonchev–Trinajstić information content (AvgIpc) is 3.23. The molecule has 7 heteroatoms. The predicted molar refractivity (Wildman–Crippen MR) is 144 cm³/mol. The molecule has 35 heavy (non-hydrogen) atoms. The molecule has 4 rings (SSSR count). The van der Waals surface area contributed by atoms with Gasteiger partial charge in [-0.2, -0.15) is 0 Å². The van der Waals surface area contributed by atoms with Gasteiger partial charge in [0.05, 0.1) is 0 Å². The first-order valence-corrected chi connectivity index (χ1v) is 12.2. The van der Waals surface area contributed by atoms with Gasteiger partial charge in [-0.15, -0.1) is 0 Å². The summed E-state index contributed by atoms with van der Waals surface area (Å²) in [5, 5.41) is 18.4. The number of aromatic amines is 1. The Morgan fingerprint density at radius 2 is 1.77 bits per heavy atom. The van der Waals surface area contributed by atoms with Gasteiger partial charge in [0.15, 0.2) is 0 Å². The molecule has 3 aromatic carbocycles. The van der Waals surface area contributed by atoms with E-state index in [9.17, 15) is 9.90 Å². The number of H-pyrrole nitrogens is 1. The number of phenolic OH excluding ortho intramolecular Hbond substituents is 1. The first-order valence-electron chi connectivity index (χ1n) is 11.5. The topological polar surface area (TPSA) is 77.2 Å². The van der Waals surface area contributed by atoms with E-state index in [0.29, 0.717) is 35.1 Å². The van der Waals surface area contributed by atoms with Crippen molar-refractivity contribution in [3.05, 3.63) is 105 Å². The third kappa shape index (κ3) is 6.89. The van der Waals surface area contributed by atoms with Crippen LogP contribution in [0.15, 0.2) is 72.9 Å². The summed E-state index contributed by atoms with van der Waals surface area (Å²) in [4.78, 5) is 16.0. The van der Waals surface area contributed by atoms with Crippen LogP contribution in [0.1, 0.15) is 33.5 Å². The summed E-state index contributed by atoms with van der Waals surface area (Å²) < 4.78 is 0. The van der Waals surface area contributed by atoms with E-state index in [2.05, 4.69) is 15.6 Å². The molecular weight excluding hydrogens is 481 g/mol. The number of nitrogens with one attached hydrogen (secondary N) is 3. The number of phenols is 1. The van der Waals surface area contributed by atoms with Crippen LogP contribution in [0.25, 0.3) is 17.0 Å². The number of fused-ring (bicyclic) bond motifs is 1. The Kier molecular flexibility index (Phi) is 8.48. The van der Waals surface area contributed by atoms with Crippen molar-refractivity contribution < 1.29 is 9.90 Å². The van der Waals surface area contributed by atoms with Gasteiger partial charge in [0.2, 0.25) is 0 Å². The molecule has 4 aromatic rings. The van der Waals surface area contributed by atoms with Crippen molar-refractivity contribution >= 4 is 46.1 Å². The molecule has 5 nitrogen and oxygen atoms in total. The van der Waals surface area contributed by atoms with E-state index in [-0.39, 0.29) is 11.7 Å². The van der Waals surface area contributed by atoms with E-state index in [4.69, 9.17) is 23.2 Å². The highest BCUT2D eigenvalue weighted by molar-refractivity contribution is 6.34. The van der Waals surface area contributed by atoms with Gasteiger partial charge < -0.3 is 20.7 Å². The number of rotatable bonds is 10. The number of carbonyl (C=O) groups is 1. The van der Waals surface area contributed by atoms with E-state index in [0.717, 1.165) is 40.6 Å². The second-order valence-electron chi connectivity index (χ2n) is 8.28. The van der Waals surface area contributed by atoms with Gasteiger partial charge in [-0.3, -0.25) is 4.79 Å². The molecule has 0 aliphatic rings. The molecule has 0 spiro atoms. The quantitative estimate of drug-likeness (QED) is 0.189. The molecule has 0 aliphatic carbocycles. The fraction of sp³-hybridized carbons (Fsp3) is 0.179. The predicted octanol–water partition coefficient (Wildman–Crippen LogP) is 6.35. The van der Waals surface area contributed by atoms with Crippen LogP contribution < -0.4 is 10.6 Å². The molecule has 1 amide bonds. The molecule has 0 aliphatic heterocycles. The SMILES string of the molecule is O=C(NCCC=Cc1cc(Cl)cc(Cl)c1)c1ccccc1CNCCc1c[nH]c2ccc(O)cc12. The molecule has 0 fully saturated rings. The third-order valence-corrected chi connectivity index (χ3v) is 6.13. The summed E-state index contributed by atoms with van der Waals surface area (Å²) in [5.41, 5.74) is 4.69. The number of hydrogen-bond donors (Lipinski definition) is 4. The van der Waals surface area contributed by atoms with Crippen molar-refractivity contribution in [2.24, 2.45) is 0 Å². The summed E-state index contributed by atoms with van der Waals surface area (Å²) >= 11 is 12.0. The first kappa shape index (κ1) is 24.9. The Balaban J connectivity index is 1.25. The Labute approximate surface area is 214 Å². The Morgan fingerprint density at radius 1 is 0.971 bits per heavy atom. The Bertz CT molecular complexity index is 1330. The van der Waals surface area contributed by atoms with Gasteiger partial charge in [-0.25, -0.2) is 0 Å². The highest BCUT2D eigenvalue weighted by Crippen LogP contribution is 2.23. The lowest BCUT2D eigenvalue weighted by atomic mass is 10.1. The summed E-state index contributed by atoms with van der Waals surface area (Å²) in [6.45, 7) is 1.86. The Hall–Kier alpha value is -3.25. The molecule has 180 valence electrons. The Morgan fingerprint density at radius 3 is 2.60 bits per heavy atom. The summed E-state index contributed by atoms with van der Waals surface area (Å²) in [5.74, 6) is 0.171. The minimum atomic E-state index is -0.0892. The van der Waals surface area contributed by atoms with Crippen LogP contribution in [0, 0.1) is 0 Å². The molecule has 0 saturated heterocycles. The van der Waals surface area contributed by atoms with Gasteiger partial charge >= 0.3 is 0 Å². The van der Waals surface area contributed by atoms with E-state index < -0.39 is 0 Å². The van der Waals surface area contributed by atoms with Gasteiger partial charge in [-0.1, -0.05) is 53.6 Å². The standard InChI is InChI=1S/C28H27Cl2N3O2/c29-22-13-19(14-23(30)15-22)5-3-4-11-32-28(35)25-7-2-1-6-20(25)17-31-12-10-21-18-33-27-9-8-24(34)16-26(21)27/h1-3,5-9,13-16,18,31,33-34H,4,10-12,17H2,(H,32,35). The van der Waals surface area contributed by atoms with Gasteiger partial charge in [0.1, 0.15) is 5.75 Å². The number of amides is 1. The molecule has 1 heterocycles. The molecule has 0 saturated carbocycles. The highest BCUT2D eigenvalue weighted by atomic mass is 35.5. The number of carbonyl (C=O) groups excluding carboxylic acids is 1. The van der Waals surface area contributed by atoms with Crippen LogP contribution in [-0.2, 0) is 13.0 Å². The van der Waals surface area contributed by atoms with Crippen molar-refractivity contribution in [3.8, 4) is 5.75 Å². The number of aromatic nitrogens is 1. The largest absolute Gasteiger partial charge is 0.508 e. The van der Waals surface area contributed by atoms with Crippen LogP contribution in [0.5, 0.6) is 5.75 Å². The van der Waals surface area contributed by atoms with Crippen molar-refractivity contribution in [1.29, 1.82) is 0 Å². The van der Waals surface area contributed by atoms with Crippen LogP contribution in [0.2, 0.25) is 10.0 Å². The molecule has 0 unspecified atom stereocenters. The van der Waals surface area contributed by atoms with Crippen LogP contribution >= 0.6 is 23.2 Å². The van der Waals surface area contributed by atoms with Crippen LogP contribution in [-0.4, -0.2) is 29.1 Å². The number of halogens is 2. The van der Waals surface area contributed by atoms with Crippen molar-refractivity contribution in [2.45, 2.75) is 19.4 Å². The second-order valence-corrected chi connectivity index (χ2v) is 9.15. The smallest absolute Gasteiger partial charge is 0.251 e. The second kappa shape index (κ2) is 11.9. The molecular formula is C28H27Cl2N3O2. The zero-order chi connectivity index (χ0) is 24.6. The molecule has 0 radical (unpaired) electrons. The fourth-order valence-electron chi connectivity index (χ4n) is 3.97. The fourth-order valence-corrected chi connectivity index (χ4v) is 4.51. The summed E-state index contributed by atoms with van der Waals surface area (Å²) in [6.07, 6.45) is 7.40. The van der Waals surface area contributed by atoms with Crippen LogP contribution in [0.4, 0.5) is 0 Å². The minimum Gasteiger partial charge on any atom is -0.508 e. The summed E-state index contributed by atoms with van der Waals surface area (Å²) in [6, 6.07) is 18.3. The maximum Gasteiger partial charge on any atom is 0.251 e. The normalized spacial score (nSPS) is 11.4. The van der Waals surface area contributed by atoms with Crippen molar-refractivity contribution in [1.82, 2.24) is 15.6 Å². The lowest BCUT2D eigenvalue weighted by Crippen LogP contribution is -2.26. The maximum absolute atomic E-state index is 12.8. The third-order valence-electron chi connectivity index (χ3n) is 5.69. The zero-order valence-electron chi connectivity index (χ0n) is 19.2. The van der Waals surface area contributed by atoms with Crippen molar-refractivity contribution in [2.75, 3.05) is 13.1 Å².